The van der Waals surface area contributed by atoms with Crippen LogP contribution in [-0.4, -0.2) is 11.6 Å². The van der Waals surface area contributed by atoms with Crippen LogP contribution >= 0.6 is 0 Å². The predicted molar refractivity (Wildman–Crippen MR) is 79.8 cm³/mol. The molecule has 2 nitrogen and oxygen atoms in total. The molecule has 0 amide bonds. The van der Waals surface area contributed by atoms with E-state index in [1.165, 1.54) is 44.9 Å². The van der Waals surface area contributed by atoms with Crippen molar-refractivity contribution in [1.82, 2.24) is 5.32 Å². The van der Waals surface area contributed by atoms with E-state index in [-0.39, 0.29) is 5.54 Å². The number of hydrogen-bond acceptors (Lipinski definition) is 2. The lowest BCUT2D eigenvalue weighted by Crippen LogP contribution is -2.52. The van der Waals surface area contributed by atoms with Gasteiger partial charge in [0.2, 0.25) is 0 Å². The van der Waals surface area contributed by atoms with Gasteiger partial charge < -0.3 is 0 Å². The Balaban J connectivity index is 1.92. The summed E-state index contributed by atoms with van der Waals surface area (Å²) in [4.78, 5) is 0. The Kier molecular flexibility index (Phi) is 4.56. The van der Waals surface area contributed by atoms with E-state index in [4.69, 9.17) is 0 Å². The van der Waals surface area contributed by atoms with E-state index in [1.54, 1.807) is 0 Å². The van der Waals surface area contributed by atoms with Crippen LogP contribution in [0.1, 0.15) is 78.6 Å². The van der Waals surface area contributed by atoms with Crippen LogP contribution in [0.25, 0.3) is 0 Å². The number of nitrogens with one attached hydrogen (secondary N) is 1. The third-order valence-corrected chi connectivity index (χ3v) is 5.36. The Hall–Kier alpha value is -0.550. The van der Waals surface area contributed by atoms with Gasteiger partial charge in [-0.15, -0.1) is 0 Å². The average Bonchev–Trinajstić information content (AvgIpc) is 2.39. The van der Waals surface area contributed by atoms with Gasteiger partial charge in [0.05, 0.1) is 6.07 Å². The zero-order chi connectivity index (χ0) is 13.9. The minimum atomic E-state index is -0.218. The highest BCUT2D eigenvalue weighted by Gasteiger charge is 2.40. The first-order valence-corrected chi connectivity index (χ1v) is 8.14. The molecule has 2 aliphatic carbocycles. The van der Waals surface area contributed by atoms with E-state index >= 15 is 0 Å². The molecule has 2 aliphatic rings. The summed E-state index contributed by atoms with van der Waals surface area (Å²) >= 11 is 0. The van der Waals surface area contributed by atoms with Crippen molar-refractivity contribution in [2.24, 2.45) is 11.3 Å². The first kappa shape index (κ1) is 14.9. The maximum absolute atomic E-state index is 9.65. The molecule has 2 fully saturated rings. The third kappa shape index (κ3) is 3.72. The molecule has 0 saturated heterocycles. The van der Waals surface area contributed by atoms with E-state index < -0.39 is 0 Å². The van der Waals surface area contributed by atoms with E-state index in [0.29, 0.717) is 11.5 Å². The van der Waals surface area contributed by atoms with Gasteiger partial charge in [-0.2, -0.15) is 5.26 Å². The summed E-state index contributed by atoms with van der Waals surface area (Å²) in [6.45, 7) is 7.02. The van der Waals surface area contributed by atoms with Crippen molar-refractivity contribution in [1.29, 1.82) is 5.26 Å². The molecule has 0 unspecified atom stereocenters. The molecule has 0 spiro atoms. The van der Waals surface area contributed by atoms with Gasteiger partial charge in [-0.3, -0.25) is 5.32 Å². The molecule has 0 heterocycles. The molecular weight excluding hydrogens is 232 g/mol. The van der Waals surface area contributed by atoms with Gasteiger partial charge in [0.1, 0.15) is 5.54 Å². The van der Waals surface area contributed by atoms with Crippen LogP contribution < -0.4 is 5.32 Å². The highest BCUT2D eigenvalue weighted by molar-refractivity contribution is 5.11. The first-order chi connectivity index (χ1) is 8.95. The highest BCUT2D eigenvalue weighted by atomic mass is 15.0. The molecule has 0 aromatic rings. The molecule has 2 heteroatoms. The van der Waals surface area contributed by atoms with Crippen LogP contribution in [-0.2, 0) is 0 Å². The average molecular weight is 262 g/mol. The smallest absolute Gasteiger partial charge is 0.107 e. The van der Waals surface area contributed by atoms with Gasteiger partial charge >= 0.3 is 0 Å². The molecule has 2 rings (SSSR count). The zero-order valence-electron chi connectivity index (χ0n) is 13.0. The molecule has 2 saturated carbocycles. The molecule has 0 atom stereocenters. The minimum absolute atomic E-state index is 0.218. The lowest BCUT2D eigenvalue weighted by Gasteiger charge is -2.43. The molecule has 0 aromatic heterocycles. The number of rotatable bonds is 2. The molecule has 0 aromatic carbocycles. The normalized spacial score (nSPS) is 33.9. The third-order valence-electron chi connectivity index (χ3n) is 5.36. The largest absolute Gasteiger partial charge is 0.297 e. The fourth-order valence-corrected chi connectivity index (χ4v) is 3.90. The molecule has 0 aliphatic heterocycles. The van der Waals surface area contributed by atoms with Gasteiger partial charge in [0.15, 0.2) is 0 Å². The fourth-order valence-electron chi connectivity index (χ4n) is 3.90. The summed E-state index contributed by atoms with van der Waals surface area (Å²) in [5.41, 5.74) is 0.177. The zero-order valence-corrected chi connectivity index (χ0v) is 13.0. The molecule has 0 bridgehead atoms. The van der Waals surface area contributed by atoms with E-state index in [0.717, 1.165) is 18.8 Å². The van der Waals surface area contributed by atoms with Crippen molar-refractivity contribution in [2.75, 3.05) is 0 Å². The summed E-state index contributed by atoms with van der Waals surface area (Å²) in [7, 11) is 0. The van der Waals surface area contributed by atoms with E-state index in [2.05, 4.69) is 32.2 Å². The van der Waals surface area contributed by atoms with Crippen LogP contribution in [0.5, 0.6) is 0 Å². The Morgan fingerprint density at radius 3 is 2.05 bits per heavy atom. The monoisotopic (exact) mass is 262 g/mol. The Morgan fingerprint density at radius 2 is 1.58 bits per heavy atom. The van der Waals surface area contributed by atoms with Gasteiger partial charge in [-0.1, -0.05) is 40.0 Å². The lowest BCUT2D eigenvalue weighted by atomic mass is 9.67. The molecule has 1 N–H and O–H groups in total. The van der Waals surface area contributed by atoms with E-state index in [9.17, 15) is 5.26 Å². The van der Waals surface area contributed by atoms with Crippen molar-refractivity contribution < 1.29 is 0 Å². The van der Waals surface area contributed by atoms with Crippen molar-refractivity contribution in [3.05, 3.63) is 0 Å². The SMILES string of the molecule is CC(C)(C)C1CCC(C#N)(NC2CCCCC2)CC1. The summed E-state index contributed by atoms with van der Waals surface area (Å²) in [5.74, 6) is 0.780. The number of hydrogen-bond donors (Lipinski definition) is 1. The second kappa shape index (κ2) is 5.83. The van der Waals surface area contributed by atoms with Gasteiger partial charge in [-0.25, -0.2) is 0 Å². The first-order valence-electron chi connectivity index (χ1n) is 8.14. The van der Waals surface area contributed by atoms with Crippen molar-refractivity contribution in [2.45, 2.75) is 90.1 Å². The summed E-state index contributed by atoms with van der Waals surface area (Å²) in [6, 6.07) is 3.22. The minimum Gasteiger partial charge on any atom is -0.297 e. The Labute approximate surface area is 119 Å². The van der Waals surface area contributed by atoms with Gasteiger partial charge in [0, 0.05) is 6.04 Å². The van der Waals surface area contributed by atoms with Crippen molar-refractivity contribution in [3.8, 4) is 6.07 Å². The van der Waals surface area contributed by atoms with Crippen LogP contribution in [0.2, 0.25) is 0 Å². The van der Waals surface area contributed by atoms with Crippen molar-refractivity contribution in [3.63, 3.8) is 0 Å². The highest BCUT2D eigenvalue weighted by Crippen LogP contribution is 2.41. The van der Waals surface area contributed by atoms with Crippen LogP contribution in [0, 0.1) is 22.7 Å². The van der Waals surface area contributed by atoms with E-state index in [1.807, 2.05) is 0 Å². The predicted octanol–water partition coefficient (Wildman–Crippen LogP) is 4.41. The second-order valence-corrected chi connectivity index (χ2v) is 7.81. The topological polar surface area (TPSA) is 35.8 Å². The Bertz CT molecular complexity index is 320. The maximum Gasteiger partial charge on any atom is 0.107 e. The Morgan fingerprint density at radius 1 is 1.00 bits per heavy atom. The maximum atomic E-state index is 9.65. The van der Waals surface area contributed by atoms with Crippen LogP contribution in [0.3, 0.4) is 0 Å². The number of nitrogens with zero attached hydrogens (tertiary/aromatic N) is 1. The summed E-state index contributed by atoms with van der Waals surface area (Å²) < 4.78 is 0. The van der Waals surface area contributed by atoms with Crippen molar-refractivity contribution >= 4 is 0 Å². The molecule has 0 radical (unpaired) electrons. The summed E-state index contributed by atoms with van der Waals surface area (Å²) in [5, 5.41) is 13.4. The van der Waals surface area contributed by atoms with Crippen LogP contribution in [0.15, 0.2) is 0 Å². The summed E-state index contributed by atoms with van der Waals surface area (Å²) in [6.07, 6.45) is 11.1. The second-order valence-electron chi connectivity index (χ2n) is 7.81. The van der Waals surface area contributed by atoms with Crippen LogP contribution in [0.4, 0.5) is 0 Å². The molecular formula is C17H30N2. The fraction of sp³-hybridized carbons (Fsp3) is 0.941. The quantitative estimate of drug-likeness (QED) is 0.800. The lowest BCUT2D eigenvalue weighted by molar-refractivity contribution is 0.127. The standard InChI is InChI=1S/C17H30N2/c1-16(2,3)14-9-11-17(13-18,12-10-14)19-15-7-5-4-6-8-15/h14-15,19H,4-12H2,1-3H3. The van der Waals surface area contributed by atoms with Gasteiger partial charge in [-0.05, 0) is 49.9 Å². The molecule has 108 valence electrons. The number of nitriles is 1. The molecule has 19 heavy (non-hydrogen) atoms. The van der Waals surface area contributed by atoms with Gasteiger partial charge in [0.25, 0.3) is 0 Å².